The van der Waals surface area contributed by atoms with E-state index in [9.17, 15) is 9.59 Å². The summed E-state index contributed by atoms with van der Waals surface area (Å²) < 4.78 is 0. The topological polar surface area (TPSA) is 216 Å². The SMILES string of the molecule is CC(C=O)C(O)C(O)C(O)CO.O=CC(O)C(O)C(O)C(O)CO. The summed E-state index contributed by atoms with van der Waals surface area (Å²) >= 11 is 0. The predicted molar refractivity (Wildman–Crippen MR) is 77.5 cm³/mol. The van der Waals surface area contributed by atoms with Crippen LogP contribution >= 0.6 is 0 Å². The van der Waals surface area contributed by atoms with Gasteiger partial charge in [-0.15, -0.1) is 0 Å². The number of aliphatic hydroxyl groups excluding tert-OH is 9. The molecule has 0 radical (unpaired) electrons. The second-order valence-corrected chi connectivity index (χ2v) is 5.08. The number of hydrogen-bond acceptors (Lipinski definition) is 11. The molecule has 0 aliphatic heterocycles. The zero-order chi connectivity index (χ0) is 19.4. The van der Waals surface area contributed by atoms with Gasteiger partial charge in [-0.25, -0.2) is 0 Å². The van der Waals surface area contributed by atoms with Crippen LogP contribution in [0.5, 0.6) is 0 Å². The van der Waals surface area contributed by atoms with Crippen LogP contribution in [0.2, 0.25) is 0 Å². The lowest BCUT2D eigenvalue weighted by Crippen LogP contribution is -2.46. The number of aliphatic hydroxyl groups is 9. The first-order valence-electron chi connectivity index (χ1n) is 6.97. The Morgan fingerprint density at radius 2 is 1.04 bits per heavy atom. The molecule has 0 aromatic carbocycles. The highest BCUT2D eigenvalue weighted by atomic mass is 16.4. The average Bonchev–Trinajstić information content (AvgIpc) is 2.62. The maximum atomic E-state index is 10.1. The van der Waals surface area contributed by atoms with Crippen molar-refractivity contribution in [3.8, 4) is 0 Å². The van der Waals surface area contributed by atoms with Crippen LogP contribution in [-0.2, 0) is 9.59 Å². The summed E-state index contributed by atoms with van der Waals surface area (Å²) in [4.78, 5) is 20.0. The van der Waals surface area contributed by atoms with Gasteiger partial charge in [-0.1, -0.05) is 6.92 Å². The van der Waals surface area contributed by atoms with Gasteiger partial charge in [-0.05, 0) is 0 Å². The number of rotatable bonds is 10. The van der Waals surface area contributed by atoms with Gasteiger partial charge in [-0.3, -0.25) is 0 Å². The van der Waals surface area contributed by atoms with Crippen molar-refractivity contribution in [2.75, 3.05) is 13.2 Å². The van der Waals surface area contributed by atoms with Crippen LogP contribution in [0.1, 0.15) is 6.92 Å². The van der Waals surface area contributed by atoms with Gasteiger partial charge in [0.2, 0.25) is 0 Å². The van der Waals surface area contributed by atoms with E-state index in [1.165, 1.54) is 6.92 Å². The highest BCUT2D eigenvalue weighted by molar-refractivity contribution is 5.56. The summed E-state index contributed by atoms with van der Waals surface area (Å²) in [5, 5.41) is 79.0. The van der Waals surface area contributed by atoms with Crippen LogP contribution in [0, 0.1) is 5.92 Å². The summed E-state index contributed by atoms with van der Waals surface area (Å²) in [5.41, 5.74) is 0. The fraction of sp³-hybridized carbons (Fsp3) is 0.846. The summed E-state index contributed by atoms with van der Waals surface area (Å²) in [7, 11) is 0. The van der Waals surface area contributed by atoms with Crippen molar-refractivity contribution >= 4 is 12.6 Å². The normalized spacial score (nSPS) is 21.1. The lowest BCUT2D eigenvalue weighted by Gasteiger charge is -2.23. The van der Waals surface area contributed by atoms with Gasteiger partial charge >= 0.3 is 0 Å². The first-order chi connectivity index (χ1) is 11.1. The van der Waals surface area contributed by atoms with E-state index >= 15 is 0 Å². The Kier molecular flexibility index (Phi) is 14.0. The fourth-order valence-corrected chi connectivity index (χ4v) is 1.35. The molecule has 24 heavy (non-hydrogen) atoms. The summed E-state index contributed by atoms with van der Waals surface area (Å²) in [6.45, 7) is -0.00140. The third-order valence-electron chi connectivity index (χ3n) is 3.11. The molecule has 0 aromatic rings. The van der Waals surface area contributed by atoms with Gasteiger partial charge in [0.15, 0.2) is 6.29 Å². The first kappa shape index (κ1) is 25.2. The van der Waals surface area contributed by atoms with E-state index < -0.39 is 61.9 Å². The number of hydrogen-bond donors (Lipinski definition) is 9. The molecule has 8 unspecified atom stereocenters. The Labute approximate surface area is 138 Å². The summed E-state index contributed by atoms with van der Waals surface area (Å²) in [6.07, 6.45) is -10.6. The molecule has 11 nitrogen and oxygen atoms in total. The Bertz CT molecular complexity index is 308. The molecule has 0 heterocycles. The zero-order valence-corrected chi connectivity index (χ0v) is 13.0. The van der Waals surface area contributed by atoms with Crippen LogP contribution in [0.15, 0.2) is 0 Å². The van der Waals surface area contributed by atoms with Crippen molar-refractivity contribution in [1.29, 1.82) is 0 Å². The van der Waals surface area contributed by atoms with Crippen LogP contribution in [0.3, 0.4) is 0 Å². The van der Waals surface area contributed by atoms with Crippen molar-refractivity contribution < 1.29 is 55.5 Å². The Hall–Kier alpha value is -1.02. The molecule has 0 spiro atoms. The van der Waals surface area contributed by atoms with Crippen molar-refractivity contribution in [3.63, 3.8) is 0 Å². The van der Waals surface area contributed by atoms with E-state index in [2.05, 4.69) is 0 Å². The Morgan fingerprint density at radius 3 is 1.33 bits per heavy atom. The van der Waals surface area contributed by atoms with Gasteiger partial charge in [0.1, 0.15) is 42.9 Å². The molecule has 0 amide bonds. The molecule has 0 saturated heterocycles. The van der Waals surface area contributed by atoms with E-state index in [0.717, 1.165) is 0 Å². The molecule has 144 valence electrons. The molecule has 11 heteroatoms. The molecular formula is C13H26O11. The largest absolute Gasteiger partial charge is 0.394 e. The van der Waals surface area contributed by atoms with Gasteiger partial charge in [0.05, 0.1) is 19.3 Å². The lowest BCUT2D eigenvalue weighted by atomic mass is 9.98. The minimum atomic E-state index is -1.79. The predicted octanol–water partition coefficient (Wildman–Crippen LogP) is -5.48. The Balaban J connectivity index is 0. The van der Waals surface area contributed by atoms with Crippen molar-refractivity contribution in [3.05, 3.63) is 0 Å². The van der Waals surface area contributed by atoms with Gasteiger partial charge < -0.3 is 55.5 Å². The smallest absolute Gasteiger partial charge is 0.151 e. The molecule has 0 aliphatic carbocycles. The Morgan fingerprint density at radius 1 is 0.667 bits per heavy atom. The van der Waals surface area contributed by atoms with Crippen molar-refractivity contribution in [2.45, 2.75) is 49.7 Å². The van der Waals surface area contributed by atoms with Crippen LogP contribution < -0.4 is 0 Å². The lowest BCUT2D eigenvalue weighted by molar-refractivity contribution is -0.136. The standard InChI is InChI=1S/C7H14O5.C6H12O6/c1-4(2-8)6(11)7(12)5(10)3-9;7-1-3(9)5(11)6(12)4(10)2-8/h2,4-7,9-12H,3H2,1H3;1,3-6,8-12H,2H2. The molecule has 9 N–H and O–H groups in total. The highest BCUT2D eigenvalue weighted by Crippen LogP contribution is 2.08. The van der Waals surface area contributed by atoms with Crippen LogP contribution in [0.4, 0.5) is 0 Å². The highest BCUT2D eigenvalue weighted by Gasteiger charge is 2.29. The third-order valence-corrected chi connectivity index (χ3v) is 3.11. The molecule has 0 bridgehead atoms. The molecule has 8 atom stereocenters. The third kappa shape index (κ3) is 8.73. The van der Waals surface area contributed by atoms with Crippen molar-refractivity contribution in [1.82, 2.24) is 0 Å². The van der Waals surface area contributed by atoms with Gasteiger partial charge in [-0.2, -0.15) is 0 Å². The maximum Gasteiger partial charge on any atom is 0.151 e. The quantitative estimate of drug-likeness (QED) is 0.168. The monoisotopic (exact) mass is 358 g/mol. The van der Waals surface area contributed by atoms with E-state index in [0.29, 0.717) is 6.29 Å². The average molecular weight is 358 g/mol. The zero-order valence-electron chi connectivity index (χ0n) is 13.0. The van der Waals surface area contributed by atoms with E-state index in [4.69, 9.17) is 46.0 Å². The second kappa shape index (κ2) is 13.3. The number of carbonyl (C=O) groups is 2. The number of carbonyl (C=O) groups excluding carboxylic acids is 2. The summed E-state index contributed by atoms with van der Waals surface area (Å²) in [5.74, 6) is -0.763. The van der Waals surface area contributed by atoms with E-state index in [1.807, 2.05) is 0 Å². The fourth-order valence-electron chi connectivity index (χ4n) is 1.35. The maximum absolute atomic E-state index is 10.1. The van der Waals surface area contributed by atoms with Crippen LogP contribution in [0.25, 0.3) is 0 Å². The van der Waals surface area contributed by atoms with Gasteiger partial charge in [0, 0.05) is 5.92 Å². The minimum absolute atomic E-state index is 0.0258. The van der Waals surface area contributed by atoms with Gasteiger partial charge in [0.25, 0.3) is 0 Å². The first-order valence-corrected chi connectivity index (χ1v) is 6.97. The van der Waals surface area contributed by atoms with E-state index in [1.54, 1.807) is 0 Å². The van der Waals surface area contributed by atoms with E-state index in [-0.39, 0.29) is 6.29 Å². The minimum Gasteiger partial charge on any atom is -0.394 e. The molecular weight excluding hydrogens is 332 g/mol. The second-order valence-electron chi connectivity index (χ2n) is 5.08. The number of aldehydes is 2. The van der Waals surface area contributed by atoms with Crippen molar-refractivity contribution in [2.24, 2.45) is 5.92 Å². The summed E-state index contributed by atoms with van der Waals surface area (Å²) in [6, 6.07) is 0. The molecule has 0 saturated carbocycles. The molecule has 0 aliphatic rings. The van der Waals surface area contributed by atoms with Crippen LogP contribution in [-0.4, -0.2) is 114 Å². The molecule has 0 aromatic heterocycles. The molecule has 0 fully saturated rings. The molecule has 0 rings (SSSR count).